The average Bonchev–Trinajstić information content (AvgIpc) is 3.25. The second kappa shape index (κ2) is 9.48. The number of para-hydroxylation sites is 1. The number of thiophene rings is 1. The van der Waals surface area contributed by atoms with E-state index in [2.05, 4.69) is 15.8 Å². The highest BCUT2D eigenvalue weighted by atomic mass is 32.1. The topological polar surface area (TPSA) is 79.8 Å². The smallest absolute Gasteiger partial charge is 0.273 e. The van der Waals surface area contributed by atoms with Crippen molar-refractivity contribution in [3.05, 3.63) is 82.0 Å². The molecule has 3 rings (SSSR count). The standard InChI is InChI=1S/C21H19N3O3S/c1-2-27-16-11-9-15(10-12-16)14-22-24-20(25)17-6-3-4-7-18(17)23-21(26)19-8-5-13-28-19/h3-14H,2H2,1H3,(H,23,26)(H,24,25)/b22-14+. The first-order valence-corrected chi connectivity index (χ1v) is 9.55. The Labute approximate surface area is 166 Å². The third kappa shape index (κ3) is 5.05. The molecule has 0 bridgehead atoms. The highest BCUT2D eigenvalue weighted by Crippen LogP contribution is 2.18. The number of amides is 2. The number of carbonyl (C=O) groups excluding carboxylic acids is 2. The molecule has 0 radical (unpaired) electrons. The van der Waals surface area contributed by atoms with Crippen molar-refractivity contribution in [2.24, 2.45) is 5.10 Å². The zero-order valence-corrected chi connectivity index (χ0v) is 16.0. The molecule has 28 heavy (non-hydrogen) atoms. The van der Waals surface area contributed by atoms with Gasteiger partial charge >= 0.3 is 0 Å². The quantitative estimate of drug-likeness (QED) is 0.467. The summed E-state index contributed by atoms with van der Waals surface area (Å²) in [4.78, 5) is 25.3. The Kier molecular flexibility index (Phi) is 6.54. The molecule has 0 spiro atoms. The maximum atomic E-state index is 12.5. The van der Waals surface area contributed by atoms with E-state index in [1.807, 2.05) is 36.6 Å². The molecule has 0 fully saturated rings. The van der Waals surface area contributed by atoms with Crippen molar-refractivity contribution in [2.75, 3.05) is 11.9 Å². The number of hydrogen-bond acceptors (Lipinski definition) is 5. The van der Waals surface area contributed by atoms with Gasteiger partial charge in [0, 0.05) is 0 Å². The number of hydrazone groups is 1. The van der Waals surface area contributed by atoms with Crippen molar-refractivity contribution in [1.29, 1.82) is 0 Å². The molecule has 0 atom stereocenters. The van der Waals surface area contributed by atoms with Gasteiger partial charge in [-0.1, -0.05) is 18.2 Å². The lowest BCUT2D eigenvalue weighted by molar-refractivity contribution is 0.0956. The molecule has 0 aliphatic heterocycles. The van der Waals surface area contributed by atoms with Crippen LogP contribution in [0, 0.1) is 0 Å². The van der Waals surface area contributed by atoms with Gasteiger partial charge in [0.2, 0.25) is 0 Å². The summed E-state index contributed by atoms with van der Waals surface area (Å²) in [6.45, 7) is 2.53. The lowest BCUT2D eigenvalue weighted by Crippen LogP contribution is -2.21. The molecular weight excluding hydrogens is 374 g/mol. The normalized spacial score (nSPS) is 10.6. The fraction of sp³-hybridized carbons (Fsp3) is 0.0952. The summed E-state index contributed by atoms with van der Waals surface area (Å²) in [5.41, 5.74) is 4.06. The molecule has 6 nitrogen and oxygen atoms in total. The van der Waals surface area contributed by atoms with Gasteiger partial charge < -0.3 is 10.1 Å². The molecule has 7 heteroatoms. The van der Waals surface area contributed by atoms with E-state index >= 15 is 0 Å². The summed E-state index contributed by atoms with van der Waals surface area (Å²) in [5.74, 6) is 0.108. The van der Waals surface area contributed by atoms with Crippen LogP contribution < -0.4 is 15.5 Å². The van der Waals surface area contributed by atoms with E-state index in [-0.39, 0.29) is 5.91 Å². The van der Waals surface area contributed by atoms with E-state index in [0.717, 1.165) is 11.3 Å². The number of hydrogen-bond donors (Lipinski definition) is 2. The monoisotopic (exact) mass is 393 g/mol. The van der Waals surface area contributed by atoms with Crippen LogP contribution in [0.15, 0.2) is 71.1 Å². The molecular formula is C21H19N3O3S. The third-order valence-corrected chi connectivity index (χ3v) is 4.60. The van der Waals surface area contributed by atoms with Crippen LogP contribution in [0.2, 0.25) is 0 Å². The first-order chi connectivity index (χ1) is 13.7. The Morgan fingerprint density at radius 3 is 2.54 bits per heavy atom. The summed E-state index contributed by atoms with van der Waals surface area (Å²) in [7, 11) is 0. The van der Waals surface area contributed by atoms with Crippen molar-refractivity contribution in [3.8, 4) is 5.75 Å². The van der Waals surface area contributed by atoms with Crippen LogP contribution in [-0.2, 0) is 0 Å². The van der Waals surface area contributed by atoms with Crippen molar-refractivity contribution >= 4 is 35.1 Å². The second-order valence-electron chi connectivity index (χ2n) is 5.68. The Morgan fingerprint density at radius 2 is 1.82 bits per heavy atom. The number of nitrogens with zero attached hydrogens (tertiary/aromatic N) is 1. The van der Waals surface area contributed by atoms with E-state index in [1.165, 1.54) is 11.3 Å². The van der Waals surface area contributed by atoms with E-state index in [9.17, 15) is 9.59 Å². The molecule has 1 heterocycles. The maximum absolute atomic E-state index is 12.5. The van der Waals surface area contributed by atoms with Crippen LogP contribution in [0.3, 0.4) is 0 Å². The van der Waals surface area contributed by atoms with Crippen LogP contribution in [0.5, 0.6) is 5.75 Å². The van der Waals surface area contributed by atoms with Gasteiger partial charge in [0.15, 0.2) is 0 Å². The minimum atomic E-state index is -0.413. The third-order valence-electron chi connectivity index (χ3n) is 3.74. The summed E-state index contributed by atoms with van der Waals surface area (Å²) < 4.78 is 5.38. The van der Waals surface area contributed by atoms with Gasteiger partial charge in [-0.3, -0.25) is 9.59 Å². The minimum absolute atomic E-state index is 0.256. The average molecular weight is 393 g/mol. The van der Waals surface area contributed by atoms with Crippen molar-refractivity contribution in [3.63, 3.8) is 0 Å². The number of nitrogens with one attached hydrogen (secondary N) is 2. The fourth-order valence-corrected chi connectivity index (χ4v) is 3.04. The lowest BCUT2D eigenvalue weighted by atomic mass is 10.1. The van der Waals surface area contributed by atoms with Gasteiger partial charge in [0.1, 0.15) is 5.75 Å². The molecule has 2 amide bonds. The Bertz CT molecular complexity index is 967. The van der Waals surface area contributed by atoms with Gasteiger partial charge in [-0.05, 0) is 60.3 Å². The summed E-state index contributed by atoms with van der Waals surface area (Å²) in [6, 6.07) is 17.7. The molecule has 0 saturated heterocycles. The summed E-state index contributed by atoms with van der Waals surface area (Å²) >= 11 is 1.33. The predicted molar refractivity (Wildman–Crippen MR) is 111 cm³/mol. The predicted octanol–water partition coefficient (Wildman–Crippen LogP) is 4.16. The first kappa shape index (κ1) is 19.3. The Hall–Kier alpha value is -3.45. The molecule has 0 aliphatic rings. The lowest BCUT2D eigenvalue weighted by Gasteiger charge is -2.09. The zero-order valence-electron chi connectivity index (χ0n) is 15.2. The largest absolute Gasteiger partial charge is 0.494 e. The number of carbonyl (C=O) groups is 2. The van der Waals surface area contributed by atoms with Gasteiger partial charge in [0.25, 0.3) is 11.8 Å². The summed E-state index contributed by atoms with van der Waals surface area (Å²) in [6.07, 6.45) is 1.54. The maximum Gasteiger partial charge on any atom is 0.273 e. The van der Waals surface area contributed by atoms with Gasteiger partial charge in [-0.2, -0.15) is 5.10 Å². The van der Waals surface area contributed by atoms with Gasteiger partial charge in [-0.25, -0.2) is 5.43 Å². The van der Waals surface area contributed by atoms with Crippen LogP contribution in [0.25, 0.3) is 0 Å². The van der Waals surface area contributed by atoms with Crippen molar-refractivity contribution < 1.29 is 14.3 Å². The van der Waals surface area contributed by atoms with Crippen LogP contribution >= 0.6 is 11.3 Å². The molecule has 142 valence electrons. The Morgan fingerprint density at radius 1 is 1.04 bits per heavy atom. The van der Waals surface area contributed by atoms with Crippen molar-refractivity contribution in [1.82, 2.24) is 5.43 Å². The molecule has 0 unspecified atom stereocenters. The van der Waals surface area contributed by atoms with Crippen molar-refractivity contribution in [2.45, 2.75) is 6.92 Å². The Balaban J connectivity index is 1.65. The molecule has 0 saturated carbocycles. The molecule has 0 aliphatic carbocycles. The highest BCUT2D eigenvalue weighted by molar-refractivity contribution is 7.12. The fourth-order valence-electron chi connectivity index (χ4n) is 2.42. The van der Waals surface area contributed by atoms with E-state index in [0.29, 0.717) is 22.7 Å². The number of benzene rings is 2. The van der Waals surface area contributed by atoms with E-state index < -0.39 is 5.91 Å². The van der Waals surface area contributed by atoms with Gasteiger partial charge in [0.05, 0.1) is 28.9 Å². The number of rotatable bonds is 7. The molecule has 3 aromatic rings. The highest BCUT2D eigenvalue weighted by Gasteiger charge is 2.14. The molecule has 2 N–H and O–H groups in total. The SMILES string of the molecule is CCOc1ccc(/C=N/NC(=O)c2ccccc2NC(=O)c2cccs2)cc1. The van der Waals surface area contributed by atoms with Crippen LogP contribution in [-0.4, -0.2) is 24.6 Å². The van der Waals surface area contributed by atoms with E-state index in [1.54, 1.807) is 42.6 Å². The van der Waals surface area contributed by atoms with Gasteiger partial charge in [-0.15, -0.1) is 11.3 Å². The zero-order chi connectivity index (χ0) is 19.8. The summed E-state index contributed by atoms with van der Waals surface area (Å²) in [5, 5.41) is 8.58. The van der Waals surface area contributed by atoms with Crippen LogP contribution in [0.1, 0.15) is 32.5 Å². The molecule has 1 aromatic heterocycles. The first-order valence-electron chi connectivity index (χ1n) is 8.67. The number of ether oxygens (including phenoxy) is 1. The van der Waals surface area contributed by atoms with Crippen LogP contribution in [0.4, 0.5) is 5.69 Å². The second-order valence-corrected chi connectivity index (χ2v) is 6.63. The number of anilines is 1. The molecule has 2 aromatic carbocycles. The van der Waals surface area contributed by atoms with E-state index in [4.69, 9.17) is 4.74 Å². The minimum Gasteiger partial charge on any atom is -0.494 e.